The smallest absolute Gasteiger partial charge is 0.338 e. The zero-order valence-electron chi connectivity index (χ0n) is 16.1. The molecule has 0 unspecified atom stereocenters. The van der Waals surface area contributed by atoms with Gasteiger partial charge in [0.25, 0.3) is 5.56 Å². The molecule has 1 aliphatic heterocycles. The van der Waals surface area contributed by atoms with Crippen LogP contribution in [-0.2, 0) is 9.53 Å². The minimum atomic E-state index is -0.801. The second-order valence-electron chi connectivity index (χ2n) is 6.68. The molecule has 1 aliphatic rings. The van der Waals surface area contributed by atoms with Gasteiger partial charge >= 0.3 is 5.97 Å². The monoisotopic (exact) mass is 426 g/mol. The van der Waals surface area contributed by atoms with Crippen LogP contribution >= 0.6 is 11.3 Å². The fraction of sp³-hybridized carbons (Fsp3) is 0.136. The summed E-state index contributed by atoms with van der Waals surface area (Å²) < 4.78 is 33.4. The number of fused-ring (bicyclic) bond motifs is 1. The molecule has 0 bridgehead atoms. The number of hydrogen-bond acceptors (Lipinski definition) is 5. The first-order valence-corrected chi connectivity index (χ1v) is 9.82. The molecule has 0 saturated carbocycles. The molecule has 0 amide bonds. The third kappa shape index (κ3) is 3.50. The Morgan fingerprint density at radius 1 is 1.10 bits per heavy atom. The summed E-state index contributed by atoms with van der Waals surface area (Å²) in [6.07, 6.45) is 1.64. The number of rotatable bonds is 3. The Morgan fingerprint density at radius 3 is 2.30 bits per heavy atom. The number of methoxy groups -OCH3 is 1. The number of nitrogens with zero attached hydrogens (tertiary/aromatic N) is 2. The number of ether oxygens (including phenoxy) is 1. The van der Waals surface area contributed by atoms with E-state index in [-0.39, 0.29) is 16.9 Å². The number of thiazole rings is 1. The first kappa shape index (κ1) is 19.9. The number of allylic oxidation sites excluding steroid dienone is 1. The summed E-state index contributed by atoms with van der Waals surface area (Å²) in [6, 6.07) is 10.5. The van der Waals surface area contributed by atoms with Crippen molar-refractivity contribution in [1.82, 2.24) is 4.57 Å². The van der Waals surface area contributed by atoms with E-state index in [0.717, 1.165) is 11.3 Å². The summed E-state index contributed by atoms with van der Waals surface area (Å²) >= 11 is 1.16. The Labute approximate surface area is 173 Å². The number of benzene rings is 2. The molecule has 8 heteroatoms. The lowest BCUT2D eigenvalue weighted by Crippen LogP contribution is -2.39. The molecule has 2 heterocycles. The number of aromatic nitrogens is 1. The minimum absolute atomic E-state index is 0.213. The summed E-state index contributed by atoms with van der Waals surface area (Å²) in [6.45, 7) is 1.67. The van der Waals surface area contributed by atoms with Crippen molar-refractivity contribution in [2.75, 3.05) is 7.11 Å². The van der Waals surface area contributed by atoms with Gasteiger partial charge in [0.2, 0.25) is 0 Å². The van der Waals surface area contributed by atoms with E-state index in [1.54, 1.807) is 25.1 Å². The Balaban J connectivity index is 1.96. The van der Waals surface area contributed by atoms with Crippen molar-refractivity contribution in [3.05, 3.63) is 102 Å². The molecule has 1 atom stereocenters. The average Bonchev–Trinajstić information content (AvgIpc) is 3.03. The Bertz CT molecular complexity index is 1340. The van der Waals surface area contributed by atoms with Gasteiger partial charge in [-0.2, -0.15) is 0 Å². The zero-order valence-corrected chi connectivity index (χ0v) is 16.9. The van der Waals surface area contributed by atoms with Crippen LogP contribution in [-0.4, -0.2) is 17.6 Å². The Morgan fingerprint density at radius 2 is 1.70 bits per heavy atom. The minimum Gasteiger partial charge on any atom is -0.466 e. The summed E-state index contributed by atoms with van der Waals surface area (Å²) in [4.78, 5) is 30.6. The number of halogens is 2. The van der Waals surface area contributed by atoms with Crippen molar-refractivity contribution in [3.8, 4) is 0 Å². The largest absolute Gasteiger partial charge is 0.466 e. The zero-order chi connectivity index (χ0) is 21.4. The van der Waals surface area contributed by atoms with Crippen molar-refractivity contribution in [2.24, 2.45) is 4.99 Å². The molecule has 3 aromatic rings. The van der Waals surface area contributed by atoms with Crippen LogP contribution in [0.5, 0.6) is 0 Å². The van der Waals surface area contributed by atoms with Crippen molar-refractivity contribution in [2.45, 2.75) is 13.0 Å². The van der Waals surface area contributed by atoms with Crippen molar-refractivity contribution < 1.29 is 18.3 Å². The van der Waals surface area contributed by atoms with Gasteiger partial charge in [0.05, 0.1) is 29.0 Å². The van der Waals surface area contributed by atoms with E-state index in [0.29, 0.717) is 26.2 Å². The highest BCUT2D eigenvalue weighted by Gasteiger charge is 2.33. The van der Waals surface area contributed by atoms with Gasteiger partial charge < -0.3 is 4.74 Å². The Kier molecular flexibility index (Phi) is 5.17. The van der Waals surface area contributed by atoms with Crippen LogP contribution in [0.25, 0.3) is 6.08 Å². The highest BCUT2D eigenvalue weighted by atomic mass is 32.1. The Hall–Kier alpha value is -3.39. The molecule has 4 rings (SSSR count). The van der Waals surface area contributed by atoms with Gasteiger partial charge in [-0.15, -0.1) is 0 Å². The van der Waals surface area contributed by atoms with Gasteiger partial charge in [-0.25, -0.2) is 18.6 Å². The van der Waals surface area contributed by atoms with Gasteiger partial charge in [-0.05, 0) is 48.4 Å². The van der Waals surface area contributed by atoms with E-state index < -0.39 is 17.8 Å². The highest BCUT2D eigenvalue weighted by molar-refractivity contribution is 7.07. The van der Waals surface area contributed by atoms with Crippen molar-refractivity contribution in [3.63, 3.8) is 0 Å². The molecule has 2 aromatic carbocycles. The number of esters is 1. The highest BCUT2D eigenvalue weighted by Crippen LogP contribution is 2.30. The van der Waals surface area contributed by atoms with E-state index in [4.69, 9.17) is 4.74 Å². The standard InChI is InChI=1S/C22H16F2N2O3S/c1-12-18(21(28)29-2)19(14-5-9-16(24)10-6-14)26-20(27)17(30-22(26)25-12)11-13-3-7-15(23)8-4-13/h3-11,19H,1-2H3/b17-11+/t19-/m1/s1. The third-order valence-corrected chi connectivity index (χ3v) is 5.76. The second kappa shape index (κ2) is 7.79. The summed E-state index contributed by atoms with van der Waals surface area (Å²) in [5.41, 5.74) is 1.49. The van der Waals surface area contributed by atoms with Crippen LogP contribution in [0, 0.1) is 11.6 Å². The topological polar surface area (TPSA) is 60.7 Å². The van der Waals surface area contributed by atoms with Crippen LogP contribution in [0.15, 0.2) is 69.6 Å². The van der Waals surface area contributed by atoms with Gasteiger partial charge in [0.15, 0.2) is 4.80 Å². The molecule has 0 N–H and O–H groups in total. The molecule has 0 fully saturated rings. The molecule has 152 valence electrons. The maximum absolute atomic E-state index is 13.5. The third-order valence-electron chi connectivity index (χ3n) is 4.78. The SMILES string of the molecule is COC(=O)C1=C(C)N=c2s/c(=C/c3ccc(F)cc3)c(=O)n2[C@@H]1c1ccc(F)cc1. The van der Waals surface area contributed by atoms with Crippen LogP contribution < -0.4 is 14.9 Å². The normalized spacial score (nSPS) is 16.3. The molecule has 5 nitrogen and oxygen atoms in total. The van der Waals surface area contributed by atoms with E-state index in [2.05, 4.69) is 4.99 Å². The number of carbonyl (C=O) groups excluding carboxylic acids is 1. The quantitative estimate of drug-likeness (QED) is 0.605. The molecule has 30 heavy (non-hydrogen) atoms. The van der Waals surface area contributed by atoms with E-state index in [1.165, 1.54) is 48.1 Å². The summed E-state index contributed by atoms with van der Waals surface area (Å²) in [7, 11) is 1.25. The lowest BCUT2D eigenvalue weighted by Gasteiger charge is -2.24. The predicted molar refractivity (Wildman–Crippen MR) is 109 cm³/mol. The maximum Gasteiger partial charge on any atom is 0.338 e. The molecule has 0 spiro atoms. The first-order valence-electron chi connectivity index (χ1n) is 9.01. The van der Waals surface area contributed by atoms with Crippen LogP contribution in [0.1, 0.15) is 24.1 Å². The van der Waals surface area contributed by atoms with Gasteiger partial charge in [-0.3, -0.25) is 9.36 Å². The van der Waals surface area contributed by atoms with Gasteiger partial charge in [0.1, 0.15) is 11.6 Å². The van der Waals surface area contributed by atoms with Crippen LogP contribution in [0.3, 0.4) is 0 Å². The number of carbonyl (C=O) groups is 1. The van der Waals surface area contributed by atoms with E-state index in [9.17, 15) is 18.4 Å². The molecule has 0 aliphatic carbocycles. The van der Waals surface area contributed by atoms with E-state index >= 15 is 0 Å². The maximum atomic E-state index is 13.5. The average molecular weight is 426 g/mol. The van der Waals surface area contributed by atoms with Crippen molar-refractivity contribution in [1.29, 1.82) is 0 Å². The molecular weight excluding hydrogens is 410 g/mol. The van der Waals surface area contributed by atoms with Crippen LogP contribution in [0.4, 0.5) is 8.78 Å². The molecular formula is C22H16F2N2O3S. The molecule has 1 aromatic heterocycles. The van der Waals surface area contributed by atoms with Gasteiger partial charge in [0, 0.05) is 0 Å². The molecule has 0 saturated heterocycles. The van der Waals surface area contributed by atoms with E-state index in [1.807, 2.05) is 0 Å². The molecule has 0 radical (unpaired) electrons. The fourth-order valence-electron chi connectivity index (χ4n) is 3.36. The lowest BCUT2D eigenvalue weighted by molar-refractivity contribution is -0.136. The van der Waals surface area contributed by atoms with Crippen molar-refractivity contribution >= 4 is 23.4 Å². The number of hydrogen-bond donors (Lipinski definition) is 0. The lowest BCUT2D eigenvalue weighted by atomic mass is 9.96. The summed E-state index contributed by atoms with van der Waals surface area (Å²) in [5.74, 6) is -1.41. The second-order valence-corrected chi connectivity index (χ2v) is 7.69. The fourth-order valence-corrected chi connectivity index (χ4v) is 4.41. The summed E-state index contributed by atoms with van der Waals surface area (Å²) in [5, 5.41) is 0. The van der Waals surface area contributed by atoms with Crippen LogP contribution in [0.2, 0.25) is 0 Å². The van der Waals surface area contributed by atoms with Gasteiger partial charge in [-0.1, -0.05) is 35.6 Å². The predicted octanol–water partition coefficient (Wildman–Crippen LogP) is 2.69. The first-order chi connectivity index (χ1) is 14.4.